The normalized spacial score (nSPS) is 15.0. The molecule has 1 aliphatic heterocycles. The number of aromatic nitrogens is 2. The highest BCUT2D eigenvalue weighted by Gasteiger charge is 2.19. The van der Waals surface area contributed by atoms with Gasteiger partial charge in [-0.1, -0.05) is 36.8 Å². The lowest BCUT2D eigenvalue weighted by molar-refractivity contribution is -0.134. The van der Waals surface area contributed by atoms with Crippen LogP contribution in [0.25, 0.3) is 11.4 Å². The zero-order valence-corrected chi connectivity index (χ0v) is 13.4. The number of anilines is 1. The van der Waals surface area contributed by atoms with E-state index >= 15 is 0 Å². The number of hydrogen-bond donors (Lipinski definition) is 1. The predicted octanol–water partition coefficient (Wildman–Crippen LogP) is 2.48. The summed E-state index contributed by atoms with van der Waals surface area (Å²) in [6.07, 6.45) is 6.59. The van der Waals surface area contributed by atoms with Crippen LogP contribution in [0, 0.1) is 0 Å². The Kier molecular flexibility index (Phi) is 5.15. The Balaban J connectivity index is 1.59. The summed E-state index contributed by atoms with van der Waals surface area (Å²) in [7, 11) is 0. The summed E-state index contributed by atoms with van der Waals surface area (Å²) in [5, 5.41) is 2.75. The van der Waals surface area contributed by atoms with E-state index in [1.807, 2.05) is 30.3 Å². The number of carbonyl (C=O) groups is 2. The molecule has 2 heterocycles. The molecule has 1 fully saturated rings. The maximum atomic E-state index is 12.1. The zero-order valence-electron chi connectivity index (χ0n) is 13.4. The van der Waals surface area contributed by atoms with Gasteiger partial charge < -0.3 is 10.2 Å². The van der Waals surface area contributed by atoms with Crippen LogP contribution in [0.5, 0.6) is 0 Å². The van der Waals surface area contributed by atoms with Crippen molar-refractivity contribution in [2.75, 3.05) is 18.4 Å². The van der Waals surface area contributed by atoms with Gasteiger partial charge in [-0.3, -0.25) is 9.59 Å². The second-order valence-corrected chi connectivity index (χ2v) is 5.84. The van der Waals surface area contributed by atoms with Gasteiger partial charge in [-0.2, -0.15) is 0 Å². The Hall–Kier alpha value is -2.76. The molecule has 0 aliphatic carbocycles. The molecule has 1 aromatic carbocycles. The first kappa shape index (κ1) is 16.1. The third-order valence-corrected chi connectivity index (χ3v) is 3.97. The van der Waals surface area contributed by atoms with E-state index in [2.05, 4.69) is 15.3 Å². The molecule has 0 spiro atoms. The largest absolute Gasteiger partial charge is 0.333 e. The van der Waals surface area contributed by atoms with Gasteiger partial charge >= 0.3 is 0 Å². The van der Waals surface area contributed by atoms with Gasteiger partial charge in [0.1, 0.15) is 0 Å². The molecule has 0 radical (unpaired) electrons. The van der Waals surface area contributed by atoms with Crippen LogP contribution < -0.4 is 5.32 Å². The van der Waals surface area contributed by atoms with Gasteiger partial charge in [0.15, 0.2) is 5.82 Å². The van der Waals surface area contributed by atoms with Gasteiger partial charge in [-0.15, -0.1) is 0 Å². The van der Waals surface area contributed by atoms with E-state index in [4.69, 9.17) is 0 Å². The molecule has 2 aromatic rings. The van der Waals surface area contributed by atoms with Crippen LogP contribution in [0.4, 0.5) is 5.69 Å². The lowest BCUT2D eigenvalue weighted by Crippen LogP contribution is -2.37. The second-order valence-electron chi connectivity index (χ2n) is 5.84. The van der Waals surface area contributed by atoms with Crippen molar-refractivity contribution >= 4 is 17.5 Å². The Bertz CT molecular complexity index is 701. The number of carbonyl (C=O) groups excluding carboxylic acids is 2. The molecule has 0 atom stereocenters. The van der Waals surface area contributed by atoms with E-state index in [9.17, 15) is 9.59 Å². The standard InChI is InChI=1S/C18H20N4O2/c23-16(13-22-10-6-2-5-9-17(22)24)21-15-11-19-18(20-12-15)14-7-3-1-4-8-14/h1,3-4,7-8,11-12H,2,5-6,9-10,13H2,(H,21,23). The smallest absolute Gasteiger partial charge is 0.244 e. The lowest BCUT2D eigenvalue weighted by atomic mass is 10.2. The first-order valence-corrected chi connectivity index (χ1v) is 8.17. The summed E-state index contributed by atoms with van der Waals surface area (Å²) in [6, 6.07) is 9.64. The maximum absolute atomic E-state index is 12.1. The quantitative estimate of drug-likeness (QED) is 0.937. The number of nitrogens with one attached hydrogen (secondary N) is 1. The summed E-state index contributed by atoms with van der Waals surface area (Å²) in [4.78, 5) is 34.2. The molecule has 6 heteroatoms. The highest BCUT2D eigenvalue weighted by molar-refractivity contribution is 5.94. The SMILES string of the molecule is O=C(CN1CCCCCC1=O)Nc1cnc(-c2ccccc2)nc1. The Morgan fingerprint density at radius 3 is 2.58 bits per heavy atom. The lowest BCUT2D eigenvalue weighted by Gasteiger charge is -2.19. The third kappa shape index (κ3) is 4.16. The molecule has 3 rings (SSSR count). The van der Waals surface area contributed by atoms with E-state index in [0.717, 1.165) is 24.8 Å². The molecule has 0 unspecified atom stereocenters. The molecule has 1 aliphatic rings. The number of rotatable bonds is 4. The number of benzene rings is 1. The van der Waals surface area contributed by atoms with Crippen molar-refractivity contribution in [2.45, 2.75) is 25.7 Å². The predicted molar refractivity (Wildman–Crippen MR) is 91.1 cm³/mol. The fourth-order valence-electron chi connectivity index (χ4n) is 2.71. The van der Waals surface area contributed by atoms with Crippen molar-refractivity contribution in [1.82, 2.24) is 14.9 Å². The zero-order chi connectivity index (χ0) is 16.8. The summed E-state index contributed by atoms with van der Waals surface area (Å²) >= 11 is 0. The summed E-state index contributed by atoms with van der Waals surface area (Å²) in [6.45, 7) is 0.731. The average Bonchev–Trinajstić information content (AvgIpc) is 2.81. The van der Waals surface area contributed by atoms with Crippen LogP contribution in [0.15, 0.2) is 42.7 Å². The second kappa shape index (κ2) is 7.68. The number of hydrogen-bond acceptors (Lipinski definition) is 4. The van der Waals surface area contributed by atoms with Crippen molar-refractivity contribution in [3.63, 3.8) is 0 Å². The Labute approximate surface area is 140 Å². The summed E-state index contributed by atoms with van der Waals surface area (Å²) in [5.74, 6) is 0.441. The number of likely N-dealkylation sites (tertiary alicyclic amines) is 1. The van der Waals surface area contributed by atoms with Gasteiger partial charge in [0.2, 0.25) is 11.8 Å². The molecular formula is C18H20N4O2. The fourth-order valence-corrected chi connectivity index (χ4v) is 2.71. The van der Waals surface area contributed by atoms with Gasteiger partial charge in [0.25, 0.3) is 0 Å². The van der Waals surface area contributed by atoms with E-state index in [1.165, 1.54) is 0 Å². The molecule has 24 heavy (non-hydrogen) atoms. The summed E-state index contributed by atoms with van der Waals surface area (Å²) in [5.41, 5.74) is 1.45. The van der Waals surface area contributed by atoms with Crippen molar-refractivity contribution in [3.05, 3.63) is 42.7 Å². The molecule has 124 valence electrons. The van der Waals surface area contributed by atoms with Gasteiger partial charge in [0.05, 0.1) is 24.6 Å². The summed E-state index contributed by atoms with van der Waals surface area (Å²) < 4.78 is 0. The van der Waals surface area contributed by atoms with Crippen LogP contribution in [0.2, 0.25) is 0 Å². The van der Waals surface area contributed by atoms with E-state index in [0.29, 0.717) is 24.5 Å². The number of nitrogens with zero attached hydrogens (tertiary/aromatic N) is 3. The minimum Gasteiger partial charge on any atom is -0.333 e. The molecule has 1 aromatic heterocycles. The molecule has 0 bridgehead atoms. The molecule has 6 nitrogen and oxygen atoms in total. The van der Waals surface area contributed by atoms with Gasteiger partial charge in [-0.05, 0) is 12.8 Å². The Morgan fingerprint density at radius 2 is 1.83 bits per heavy atom. The highest BCUT2D eigenvalue weighted by Crippen LogP contribution is 2.15. The molecule has 0 saturated carbocycles. The van der Waals surface area contributed by atoms with E-state index in [1.54, 1.807) is 17.3 Å². The van der Waals surface area contributed by atoms with Crippen LogP contribution >= 0.6 is 0 Å². The fraction of sp³-hybridized carbons (Fsp3) is 0.333. The Morgan fingerprint density at radius 1 is 1.08 bits per heavy atom. The van der Waals surface area contributed by atoms with E-state index in [-0.39, 0.29) is 18.4 Å². The van der Waals surface area contributed by atoms with Crippen LogP contribution in [-0.4, -0.2) is 39.8 Å². The third-order valence-electron chi connectivity index (χ3n) is 3.97. The molecule has 1 saturated heterocycles. The van der Waals surface area contributed by atoms with Crippen LogP contribution in [0.3, 0.4) is 0 Å². The first-order chi connectivity index (χ1) is 11.7. The first-order valence-electron chi connectivity index (χ1n) is 8.17. The molecule has 2 amide bonds. The van der Waals surface area contributed by atoms with E-state index < -0.39 is 0 Å². The average molecular weight is 324 g/mol. The van der Waals surface area contributed by atoms with Crippen molar-refractivity contribution in [3.8, 4) is 11.4 Å². The maximum Gasteiger partial charge on any atom is 0.244 e. The highest BCUT2D eigenvalue weighted by atomic mass is 16.2. The minimum atomic E-state index is -0.221. The monoisotopic (exact) mass is 324 g/mol. The molecular weight excluding hydrogens is 304 g/mol. The topological polar surface area (TPSA) is 75.2 Å². The molecule has 1 N–H and O–H groups in total. The van der Waals surface area contributed by atoms with Crippen molar-refractivity contribution < 1.29 is 9.59 Å². The van der Waals surface area contributed by atoms with Crippen molar-refractivity contribution in [1.29, 1.82) is 0 Å². The number of amides is 2. The van der Waals surface area contributed by atoms with Crippen LogP contribution in [0.1, 0.15) is 25.7 Å². The van der Waals surface area contributed by atoms with Crippen LogP contribution in [-0.2, 0) is 9.59 Å². The van der Waals surface area contributed by atoms with Crippen molar-refractivity contribution in [2.24, 2.45) is 0 Å². The van der Waals surface area contributed by atoms with Gasteiger partial charge in [-0.25, -0.2) is 9.97 Å². The minimum absolute atomic E-state index is 0.0540. The van der Waals surface area contributed by atoms with Gasteiger partial charge in [0, 0.05) is 18.5 Å².